The largest absolute Gasteiger partial charge is 0.491 e. The van der Waals surface area contributed by atoms with E-state index in [2.05, 4.69) is 10.6 Å². The molecule has 0 bridgehead atoms. The van der Waals surface area contributed by atoms with E-state index in [0.717, 1.165) is 0 Å². The topological polar surface area (TPSA) is 125 Å². The lowest BCUT2D eigenvalue weighted by atomic mass is 10.0. The van der Waals surface area contributed by atoms with Crippen LogP contribution in [0.5, 0.6) is 5.75 Å². The van der Waals surface area contributed by atoms with Gasteiger partial charge in [0.1, 0.15) is 24.4 Å². The third kappa shape index (κ3) is 5.63. The maximum Gasteiger partial charge on any atom is 0.326 e. The predicted molar refractivity (Wildman–Crippen MR) is 109 cm³/mol. The normalized spacial score (nSPS) is 23.7. The number of nitrogens with one attached hydrogen (secondary N) is 2. The van der Waals surface area contributed by atoms with Crippen LogP contribution in [0.25, 0.3) is 0 Å². The molecular weight excluding hydrogens is 414 g/mol. The zero-order valence-corrected chi connectivity index (χ0v) is 18.0. The highest BCUT2D eigenvalue weighted by Crippen LogP contribution is 2.24. The van der Waals surface area contributed by atoms with Crippen LogP contribution in [0.3, 0.4) is 0 Å². The summed E-state index contributed by atoms with van der Waals surface area (Å²) in [5, 5.41) is 14.6. The van der Waals surface area contributed by atoms with Crippen LogP contribution in [0, 0.1) is 5.92 Å². The maximum absolute atomic E-state index is 12.9. The fraction of sp³-hybridized carbons (Fsp3) is 0.500. The number of halogens is 1. The number of hydrogen-bond donors (Lipinski definition) is 3. The van der Waals surface area contributed by atoms with Crippen molar-refractivity contribution in [3.8, 4) is 5.75 Å². The van der Waals surface area contributed by atoms with Gasteiger partial charge in [0.25, 0.3) is 5.91 Å². The lowest BCUT2D eigenvalue weighted by Gasteiger charge is -2.31. The molecule has 0 radical (unpaired) electrons. The first kappa shape index (κ1) is 23.5. The van der Waals surface area contributed by atoms with Crippen LogP contribution in [0.4, 0.5) is 0 Å². The van der Waals surface area contributed by atoms with Gasteiger partial charge < -0.3 is 25.4 Å². The number of nitrogens with zero attached hydrogens (tertiary/aromatic N) is 1. The molecule has 1 aromatic carbocycles. The van der Waals surface area contributed by atoms with Crippen LogP contribution in [-0.2, 0) is 14.4 Å². The van der Waals surface area contributed by atoms with E-state index in [0.29, 0.717) is 0 Å². The number of carbonyl (C=O) groups excluding carboxylic acids is 3. The average Bonchev–Trinajstić information content (AvgIpc) is 2.68. The number of likely N-dealkylation sites (N-methyl/N-ethyl adjacent to an activating group) is 1. The van der Waals surface area contributed by atoms with Crippen molar-refractivity contribution in [1.29, 1.82) is 0 Å². The van der Waals surface area contributed by atoms with E-state index >= 15 is 0 Å². The summed E-state index contributed by atoms with van der Waals surface area (Å²) in [5.74, 6) is -3.13. The van der Waals surface area contributed by atoms with Crippen LogP contribution in [0.15, 0.2) is 18.2 Å². The van der Waals surface area contributed by atoms with Crippen LogP contribution < -0.4 is 15.4 Å². The van der Waals surface area contributed by atoms with Crippen molar-refractivity contribution >= 4 is 35.3 Å². The van der Waals surface area contributed by atoms with Gasteiger partial charge in [-0.2, -0.15) is 0 Å². The number of fused-ring (bicyclic) bond motifs is 1. The number of amides is 3. The highest BCUT2D eigenvalue weighted by atomic mass is 35.5. The summed E-state index contributed by atoms with van der Waals surface area (Å²) >= 11 is 5.98. The molecule has 0 aromatic heterocycles. The molecule has 0 saturated heterocycles. The Labute approximate surface area is 179 Å². The molecular formula is C20H26ClN3O6. The van der Waals surface area contributed by atoms with E-state index < -0.39 is 36.3 Å². The molecule has 0 saturated carbocycles. The first-order chi connectivity index (χ1) is 14.0. The number of hydrogen-bond acceptors (Lipinski definition) is 5. The van der Waals surface area contributed by atoms with Gasteiger partial charge in [0, 0.05) is 12.1 Å². The third-order valence-corrected chi connectivity index (χ3v) is 5.15. The Morgan fingerprint density at radius 2 is 1.93 bits per heavy atom. The van der Waals surface area contributed by atoms with Gasteiger partial charge in [-0.1, -0.05) is 25.4 Å². The Morgan fingerprint density at radius 1 is 1.27 bits per heavy atom. The summed E-state index contributed by atoms with van der Waals surface area (Å²) in [6.45, 7) is 5.40. The van der Waals surface area contributed by atoms with E-state index in [1.807, 2.05) is 0 Å². The number of carbonyl (C=O) groups is 4. The molecule has 30 heavy (non-hydrogen) atoms. The molecule has 1 aliphatic heterocycles. The standard InChI is InChI=1S/C20H26ClN3O6/c1-10(2)17-19(27)24(4)11(3)9-30-15-6-5-12(21)7-13(15)18(26)22-14(20(28)29)8-16(25)23-17/h5-7,10-11,14,17H,8-9H2,1-4H3,(H,22,26)(H,23,25)(H,28,29)/t11-,14+,17-/m1/s1. The molecule has 164 valence electrons. The van der Waals surface area contributed by atoms with Gasteiger partial charge >= 0.3 is 5.97 Å². The monoisotopic (exact) mass is 439 g/mol. The van der Waals surface area contributed by atoms with E-state index in [4.69, 9.17) is 16.3 Å². The van der Waals surface area contributed by atoms with Gasteiger partial charge in [0.15, 0.2) is 0 Å². The van der Waals surface area contributed by atoms with E-state index in [9.17, 15) is 24.3 Å². The SMILES string of the molecule is CC(C)[C@H]1NC(=O)C[C@@H](C(=O)O)NC(=O)c2cc(Cl)ccc2OC[C@@H](C)N(C)C1=O. The first-order valence-corrected chi connectivity index (χ1v) is 9.91. The van der Waals surface area contributed by atoms with Gasteiger partial charge in [-0.25, -0.2) is 4.79 Å². The smallest absolute Gasteiger partial charge is 0.326 e. The minimum Gasteiger partial charge on any atom is -0.491 e. The van der Waals surface area contributed by atoms with Crippen molar-refractivity contribution in [2.75, 3.05) is 13.7 Å². The Balaban J connectivity index is 2.46. The van der Waals surface area contributed by atoms with Crippen molar-refractivity contribution < 1.29 is 29.0 Å². The lowest BCUT2D eigenvalue weighted by molar-refractivity contribution is -0.142. The number of ether oxygens (including phenoxy) is 1. The molecule has 3 atom stereocenters. The molecule has 0 aliphatic carbocycles. The van der Waals surface area contributed by atoms with Crippen LogP contribution in [0.2, 0.25) is 5.02 Å². The van der Waals surface area contributed by atoms with Crippen molar-refractivity contribution in [1.82, 2.24) is 15.5 Å². The lowest BCUT2D eigenvalue weighted by Crippen LogP contribution is -2.54. The Hall–Kier alpha value is -2.81. The zero-order valence-electron chi connectivity index (χ0n) is 17.3. The number of rotatable bonds is 2. The highest BCUT2D eigenvalue weighted by Gasteiger charge is 2.32. The van der Waals surface area contributed by atoms with Gasteiger partial charge in [0.05, 0.1) is 18.0 Å². The fourth-order valence-electron chi connectivity index (χ4n) is 2.93. The maximum atomic E-state index is 12.9. The van der Waals surface area contributed by atoms with Crippen LogP contribution in [-0.4, -0.2) is 65.5 Å². The van der Waals surface area contributed by atoms with Gasteiger partial charge in [-0.3, -0.25) is 14.4 Å². The molecule has 9 nitrogen and oxygen atoms in total. The minimum atomic E-state index is -1.49. The summed E-state index contributed by atoms with van der Waals surface area (Å²) in [4.78, 5) is 51.2. The highest BCUT2D eigenvalue weighted by molar-refractivity contribution is 6.31. The second-order valence-electron chi connectivity index (χ2n) is 7.61. The van der Waals surface area contributed by atoms with Crippen LogP contribution in [0.1, 0.15) is 37.6 Å². The number of benzene rings is 1. The van der Waals surface area contributed by atoms with Crippen molar-refractivity contribution in [2.24, 2.45) is 5.92 Å². The predicted octanol–water partition coefficient (Wildman–Crippen LogP) is 1.29. The fourth-order valence-corrected chi connectivity index (χ4v) is 3.10. The molecule has 0 fully saturated rings. The quantitative estimate of drug-likeness (QED) is 0.637. The molecule has 3 amide bonds. The summed E-state index contributed by atoms with van der Waals surface area (Å²) in [6, 6.07) is 1.68. The number of carboxylic acids is 1. The average molecular weight is 440 g/mol. The third-order valence-electron chi connectivity index (χ3n) is 4.92. The molecule has 3 N–H and O–H groups in total. The summed E-state index contributed by atoms with van der Waals surface area (Å²) < 4.78 is 5.75. The van der Waals surface area contributed by atoms with Gasteiger partial charge in [-0.15, -0.1) is 0 Å². The number of aliphatic carboxylic acids is 1. The van der Waals surface area contributed by atoms with Gasteiger partial charge in [0.2, 0.25) is 11.8 Å². The van der Waals surface area contributed by atoms with Crippen LogP contribution >= 0.6 is 11.6 Å². The van der Waals surface area contributed by atoms with E-state index in [-0.39, 0.29) is 40.8 Å². The molecule has 1 aromatic rings. The summed E-state index contributed by atoms with van der Waals surface area (Å²) in [5.41, 5.74) is 0.0347. The van der Waals surface area contributed by atoms with Gasteiger partial charge in [-0.05, 0) is 31.0 Å². The summed E-state index contributed by atoms with van der Waals surface area (Å²) in [7, 11) is 1.60. The Bertz CT molecular complexity index is 844. The van der Waals surface area contributed by atoms with Crippen molar-refractivity contribution in [3.63, 3.8) is 0 Å². The molecule has 10 heteroatoms. The van der Waals surface area contributed by atoms with Crippen molar-refractivity contribution in [3.05, 3.63) is 28.8 Å². The first-order valence-electron chi connectivity index (χ1n) is 9.53. The molecule has 0 spiro atoms. The molecule has 2 rings (SSSR count). The summed E-state index contributed by atoms with van der Waals surface area (Å²) in [6.07, 6.45) is -0.534. The molecule has 1 aliphatic rings. The Morgan fingerprint density at radius 3 is 2.53 bits per heavy atom. The van der Waals surface area contributed by atoms with E-state index in [1.54, 1.807) is 27.8 Å². The molecule has 0 unspecified atom stereocenters. The zero-order chi connectivity index (χ0) is 22.6. The van der Waals surface area contributed by atoms with Crippen molar-refractivity contribution in [2.45, 2.75) is 45.3 Å². The molecule has 1 heterocycles. The Kier molecular flexibility index (Phi) is 7.66. The second-order valence-corrected chi connectivity index (χ2v) is 8.04. The number of carboxylic acid groups (broad SMARTS) is 1. The minimum absolute atomic E-state index is 0.0347. The van der Waals surface area contributed by atoms with E-state index in [1.165, 1.54) is 23.1 Å². The second kappa shape index (κ2) is 9.80.